The first-order chi connectivity index (χ1) is 12.1. The molecule has 2 rings (SSSR count). The third-order valence-electron chi connectivity index (χ3n) is 4.43. The van der Waals surface area contributed by atoms with Crippen LogP contribution in [-0.4, -0.2) is 76.3 Å². The second-order valence-corrected chi connectivity index (χ2v) is 7.11. The fourth-order valence-corrected chi connectivity index (χ4v) is 3.17. The molecule has 0 atom stereocenters. The van der Waals surface area contributed by atoms with Crippen molar-refractivity contribution in [2.24, 2.45) is 10.9 Å². The molecule has 2 heterocycles. The first kappa shape index (κ1) is 23.1. The number of hydrogen-bond donors (Lipinski definition) is 1. The lowest BCUT2D eigenvalue weighted by Gasteiger charge is -2.37. The smallest absolute Gasteiger partial charge is 0.194 e. The number of aliphatic imine (C=N–C) groups is 1. The first-order valence-electron chi connectivity index (χ1n) is 9.76. The highest BCUT2D eigenvalue weighted by molar-refractivity contribution is 14.0. The molecular formula is C18H36IN7. The maximum Gasteiger partial charge on any atom is 0.194 e. The van der Waals surface area contributed by atoms with E-state index in [9.17, 15) is 0 Å². The minimum Gasteiger partial charge on any atom is -0.354 e. The Kier molecular flexibility index (Phi) is 11.1. The Morgan fingerprint density at radius 1 is 1.23 bits per heavy atom. The van der Waals surface area contributed by atoms with Crippen LogP contribution < -0.4 is 5.32 Å². The third-order valence-corrected chi connectivity index (χ3v) is 4.43. The molecule has 0 amide bonds. The van der Waals surface area contributed by atoms with E-state index < -0.39 is 0 Å². The van der Waals surface area contributed by atoms with Crippen LogP contribution in [0.15, 0.2) is 11.3 Å². The highest BCUT2D eigenvalue weighted by atomic mass is 127. The van der Waals surface area contributed by atoms with Gasteiger partial charge in [-0.05, 0) is 12.3 Å². The van der Waals surface area contributed by atoms with Gasteiger partial charge >= 0.3 is 0 Å². The van der Waals surface area contributed by atoms with E-state index in [0.29, 0.717) is 0 Å². The number of aryl methyl sites for hydroxylation is 1. The van der Waals surface area contributed by atoms with Crippen LogP contribution in [0.3, 0.4) is 0 Å². The van der Waals surface area contributed by atoms with Crippen molar-refractivity contribution in [3.8, 4) is 0 Å². The topological polar surface area (TPSA) is 61.6 Å². The molecule has 0 aromatic carbocycles. The highest BCUT2D eigenvalue weighted by Crippen LogP contribution is 2.06. The van der Waals surface area contributed by atoms with Crippen LogP contribution >= 0.6 is 24.0 Å². The maximum absolute atomic E-state index is 4.79. The number of aromatic nitrogens is 3. The van der Waals surface area contributed by atoms with Crippen molar-refractivity contribution in [3.05, 3.63) is 12.2 Å². The second kappa shape index (κ2) is 12.5. The maximum atomic E-state index is 4.79. The quantitative estimate of drug-likeness (QED) is 0.353. The van der Waals surface area contributed by atoms with Crippen molar-refractivity contribution in [3.63, 3.8) is 0 Å². The molecule has 1 aromatic heterocycles. The summed E-state index contributed by atoms with van der Waals surface area (Å²) < 4.78 is 2.12. The van der Waals surface area contributed by atoms with Crippen LogP contribution in [0.2, 0.25) is 0 Å². The van der Waals surface area contributed by atoms with E-state index in [2.05, 4.69) is 57.6 Å². The Labute approximate surface area is 175 Å². The molecule has 1 saturated heterocycles. The molecule has 0 unspecified atom stereocenters. The number of guanidine groups is 1. The van der Waals surface area contributed by atoms with Gasteiger partial charge in [0.25, 0.3) is 0 Å². The van der Waals surface area contributed by atoms with Crippen LogP contribution in [0.5, 0.6) is 0 Å². The zero-order valence-corrected chi connectivity index (χ0v) is 19.1. The highest BCUT2D eigenvalue weighted by Gasteiger charge is 2.20. The van der Waals surface area contributed by atoms with Crippen LogP contribution in [-0.2, 0) is 13.0 Å². The minimum atomic E-state index is 0. The van der Waals surface area contributed by atoms with Gasteiger partial charge in [-0.3, -0.25) is 9.89 Å². The number of rotatable bonds is 8. The van der Waals surface area contributed by atoms with Crippen molar-refractivity contribution >= 4 is 29.9 Å². The summed E-state index contributed by atoms with van der Waals surface area (Å²) in [6.07, 6.45) is 3.80. The van der Waals surface area contributed by atoms with E-state index in [1.54, 1.807) is 0 Å². The summed E-state index contributed by atoms with van der Waals surface area (Å²) in [7, 11) is 0. The molecule has 0 radical (unpaired) electrons. The predicted octanol–water partition coefficient (Wildman–Crippen LogP) is 2.09. The molecule has 0 aliphatic carbocycles. The summed E-state index contributed by atoms with van der Waals surface area (Å²) in [5, 5.41) is 11.7. The van der Waals surface area contributed by atoms with Crippen molar-refractivity contribution in [1.82, 2.24) is 29.9 Å². The lowest BCUT2D eigenvalue weighted by molar-refractivity contribution is 0.164. The summed E-state index contributed by atoms with van der Waals surface area (Å²) in [5.41, 5.74) is 0. The second-order valence-electron chi connectivity index (χ2n) is 7.11. The average Bonchev–Trinajstić information content (AvgIpc) is 3.06. The summed E-state index contributed by atoms with van der Waals surface area (Å²) in [6.45, 7) is 17.0. The van der Waals surface area contributed by atoms with Gasteiger partial charge in [-0.1, -0.05) is 27.7 Å². The molecule has 7 nitrogen and oxygen atoms in total. The van der Waals surface area contributed by atoms with Gasteiger partial charge in [0.15, 0.2) is 5.96 Å². The molecule has 26 heavy (non-hydrogen) atoms. The molecule has 1 aliphatic rings. The van der Waals surface area contributed by atoms with Crippen molar-refractivity contribution in [2.45, 2.75) is 47.1 Å². The molecule has 150 valence electrons. The monoisotopic (exact) mass is 477 g/mol. The Balaban J connectivity index is 0.00000338. The normalized spacial score (nSPS) is 16.0. The van der Waals surface area contributed by atoms with Gasteiger partial charge < -0.3 is 14.8 Å². The number of piperazine rings is 1. The van der Waals surface area contributed by atoms with E-state index in [-0.39, 0.29) is 24.0 Å². The third kappa shape index (κ3) is 7.38. The zero-order valence-electron chi connectivity index (χ0n) is 16.8. The molecule has 1 aliphatic heterocycles. The lowest BCUT2D eigenvalue weighted by atomic mass is 10.2. The average molecular weight is 477 g/mol. The summed E-state index contributed by atoms with van der Waals surface area (Å²) in [5.74, 6) is 2.82. The van der Waals surface area contributed by atoms with Gasteiger partial charge in [0.05, 0.1) is 0 Å². The van der Waals surface area contributed by atoms with Gasteiger partial charge in [-0.2, -0.15) is 0 Å². The van der Waals surface area contributed by atoms with Gasteiger partial charge in [0.2, 0.25) is 0 Å². The van der Waals surface area contributed by atoms with Crippen LogP contribution in [0.4, 0.5) is 0 Å². The molecule has 0 bridgehead atoms. The molecular weight excluding hydrogens is 441 g/mol. The van der Waals surface area contributed by atoms with Crippen molar-refractivity contribution in [2.75, 3.05) is 45.8 Å². The van der Waals surface area contributed by atoms with Gasteiger partial charge in [0, 0.05) is 58.8 Å². The molecule has 1 fully saturated rings. The number of nitrogens with zero attached hydrogens (tertiary/aromatic N) is 6. The number of halogens is 1. The SMILES string of the molecule is CCCN=C(NCCn1cnnc1CC)N1CCN(CC(C)C)CC1.I. The molecule has 0 spiro atoms. The van der Waals surface area contributed by atoms with Crippen LogP contribution in [0, 0.1) is 5.92 Å². The van der Waals surface area contributed by atoms with E-state index in [1.807, 2.05) is 6.33 Å². The molecule has 8 heteroatoms. The largest absolute Gasteiger partial charge is 0.354 e. The Morgan fingerprint density at radius 2 is 1.96 bits per heavy atom. The van der Waals surface area contributed by atoms with Crippen LogP contribution in [0.25, 0.3) is 0 Å². The standard InChI is InChI=1S/C18H35N7.HI/c1-5-7-19-18(20-8-9-25-15-21-22-17(25)6-2)24-12-10-23(11-13-24)14-16(3)4;/h15-16H,5-14H2,1-4H3,(H,19,20);1H. The van der Waals surface area contributed by atoms with Gasteiger partial charge in [0.1, 0.15) is 12.2 Å². The minimum absolute atomic E-state index is 0. The summed E-state index contributed by atoms with van der Waals surface area (Å²) >= 11 is 0. The Morgan fingerprint density at radius 3 is 2.58 bits per heavy atom. The lowest BCUT2D eigenvalue weighted by Crippen LogP contribution is -2.53. The number of hydrogen-bond acceptors (Lipinski definition) is 4. The Hall–Kier alpha value is -0.900. The molecule has 1 N–H and O–H groups in total. The summed E-state index contributed by atoms with van der Waals surface area (Å²) in [4.78, 5) is 9.75. The zero-order chi connectivity index (χ0) is 18.1. The Bertz CT molecular complexity index is 521. The van der Waals surface area contributed by atoms with Crippen LogP contribution in [0.1, 0.15) is 39.9 Å². The number of nitrogens with one attached hydrogen (secondary N) is 1. The fourth-order valence-electron chi connectivity index (χ4n) is 3.17. The van der Waals surface area contributed by atoms with E-state index in [1.165, 1.54) is 6.54 Å². The predicted molar refractivity (Wildman–Crippen MR) is 118 cm³/mol. The van der Waals surface area contributed by atoms with E-state index in [0.717, 1.165) is 76.4 Å². The first-order valence-corrected chi connectivity index (χ1v) is 9.76. The van der Waals surface area contributed by atoms with Gasteiger partial charge in [-0.15, -0.1) is 34.2 Å². The molecule has 0 saturated carbocycles. The summed E-state index contributed by atoms with van der Waals surface area (Å²) in [6, 6.07) is 0. The van der Waals surface area contributed by atoms with Gasteiger partial charge in [-0.25, -0.2) is 0 Å². The van der Waals surface area contributed by atoms with Crippen molar-refractivity contribution in [1.29, 1.82) is 0 Å². The van der Waals surface area contributed by atoms with E-state index in [4.69, 9.17) is 4.99 Å². The van der Waals surface area contributed by atoms with Crippen molar-refractivity contribution < 1.29 is 0 Å². The van der Waals surface area contributed by atoms with E-state index >= 15 is 0 Å². The molecule has 1 aromatic rings. The fraction of sp³-hybridized carbons (Fsp3) is 0.833.